The van der Waals surface area contributed by atoms with Crippen molar-refractivity contribution in [1.82, 2.24) is 4.98 Å². The minimum Gasteiger partial charge on any atom is -0.396 e. The van der Waals surface area contributed by atoms with E-state index in [0.717, 1.165) is 17.4 Å². The van der Waals surface area contributed by atoms with E-state index in [1.807, 2.05) is 19.1 Å². The lowest BCUT2D eigenvalue weighted by molar-refractivity contribution is 1.18. The lowest BCUT2D eigenvalue weighted by atomic mass is 10.2. The van der Waals surface area contributed by atoms with Crippen molar-refractivity contribution >= 4 is 21.6 Å². The van der Waals surface area contributed by atoms with Crippen LogP contribution in [0.3, 0.4) is 0 Å². The highest BCUT2D eigenvalue weighted by molar-refractivity contribution is 9.09. The summed E-state index contributed by atoms with van der Waals surface area (Å²) in [6, 6.07) is 3.71. The fourth-order valence-corrected chi connectivity index (χ4v) is 1.06. The van der Waals surface area contributed by atoms with Gasteiger partial charge in [-0.15, -0.1) is 0 Å². The first kappa shape index (κ1) is 10.1. The van der Waals surface area contributed by atoms with E-state index >= 15 is 0 Å². The first-order valence-corrected chi connectivity index (χ1v) is 5.14. The van der Waals surface area contributed by atoms with E-state index in [1.54, 1.807) is 0 Å². The number of aromatic nitrogens is 1. The van der Waals surface area contributed by atoms with Crippen molar-refractivity contribution < 1.29 is 0 Å². The summed E-state index contributed by atoms with van der Waals surface area (Å²) in [6.07, 6.45) is 0.815. The van der Waals surface area contributed by atoms with Crippen LogP contribution in [-0.2, 0) is 0 Å². The molecule has 1 aromatic heterocycles. The molecule has 0 saturated carbocycles. The fraction of sp³-hybridized carbons (Fsp3) is 0.300. The van der Waals surface area contributed by atoms with Gasteiger partial charge in [0.05, 0.1) is 5.69 Å². The van der Waals surface area contributed by atoms with E-state index in [1.165, 1.54) is 0 Å². The molecule has 0 spiro atoms. The molecule has 0 radical (unpaired) electrons. The Bertz CT molecular complexity index is 350. The quantitative estimate of drug-likeness (QED) is 0.602. The van der Waals surface area contributed by atoms with E-state index in [2.05, 4.69) is 32.8 Å². The summed E-state index contributed by atoms with van der Waals surface area (Å²) in [7, 11) is 0. The van der Waals surface area contributed by atoms with Gasteiger partial charge in [0.1, 0.15) is 5.69 Å². The van der Waals surface area contributed by atoms with E-state index in [0.29, 0.717) is 11.4 Å². The zero-order valence-corrected chi connectivity index (χ0v) is 9.06. The average molecular weight is 239 g/mol. The highest BCUT2D eigenvalue weighted by Gasteiger charge is 1.95. The number of halogens is 1. The zero-order chi connectivity index (χ0) is 9.68. The summed E-state index contributed by atoms with van der Waals surface area (Å²) >= 11 is 3.30. The van der Waals surface area contributed by atoms with Crippen LogP contribution < -0.4 is 5.73 Å². The molecule has 13 heavy (non-hydrogen) atoms. The molecule has 0 aliphatic rings. The monoisotopic (exact) mass is 238 g/mol. The van der Waals surface area contributed by atoms with Crippen LogP contribution in [-0.4, -0.2) is 10.3 Å². The Morgan fingerprint density at radius 3 is 3.00 bits per heavy atom. The summed E-state index contributed by atoms with van der Waals surface area (Å²) in [4.78, 5) is 4.23. The van der Waals surface area contributed by atoms with Crippen LogP contribution in [0, 0.1) is 18.8 Å². The van der Waals surface area contributed by atoms with E-state index < -0.39 is 0 Å². The SMILES string of the molecule is Cc1ccc(N)c(C#CCCBr)n1. The lowest BCUT2D eigenvalue weighted by Gasteiger charge is -1.97. The molecule has 0 aliphatic carbocycles. The molecule has 1 rings (SSSR count). The predicted octanol–water partition coefficient (Wildman–Crippen LogP) is 2.11. The van der Waals surface area contributed by atoms with Gasteiger partial charge >= 0.3 is 0 Å². The number of hydrogen-bond acceptors (Lipinski definition) is 2. The molecular formula is C10H11BrN2. The molecule has 0 atom stereocenters. The number of nitrogens with zero attached hydrogens (tertiary/aromatic N) is 1. The molecule has 0 fully saturated rings. The van der Waals surface area contributed by atoms with E-state index in [9.17, 15) is 0 Å². The number of rotatable bonds is 1. The molecule has 0 amide bonds. The van der Waals surface area contributed by atoms with Crippen molar-refractivity contribution in [3.63, 3.8) is 0 Å². The topological polar surface area (TPSA) is 38.9 Å². The number of aryl methyl sites for hydroxylation is 1. The standard InChI is InChI=1S/C10H11BrN2/c1-8-5-6-9(12)10(13-8)4-2-3-7-11/h5-6H,3,7,12H2,1H3. The van der Waals surface area contributed by atoms with Gasteiger partial charge in [-0.1, -0.05) is 21.9 Å². The lowest BCUT2D eigenvalue weighted by Crippen LogP contribution is -1.94. The number of alkyl halides is 1. The number of hydrogen-bond donors (Lipinski definition) is 1. The van der Waals surface area contributed by atoms with Crippen LogP contribution in [0.5, 0.6) is 0 Å². The van der Waals surface area contributed by atoms with Crippen LogP contribution in [0.2, 0.25) is 0 Å². The molecule has 0 saturated heterocycles. The third-order valence-corrected chi connectivity index (χ3v) is 1.89. The van der Waals surface area contributed by atoms with E-state index in [-0.39, 0.29) is 0 Å². The van der Waals surface area contributed by atoms with Crippen molar-refractivity contribution in [1.29, 1.82) is 0 Å². The van der Waals surface area contributed by atoms with Gasteiger partial charge in [0, 0.05) is 17.4 Å². The molecular weight excluding hydrogens is 228 g/mol. The molecule has 1 aromatic rings. The van der Waals surface area contributed by atoms with Crippen LogP contribution in [0.15, 0.2) is 12.1 Å². The second kappa shape index (κ2) is 4.88. The third-order valence-electron chi connectivity index (χ3n) is 1.49. The molecule has 1 heterocycles. The Morgan fingerprint density at radius 1 is 1.54 bits per heavy atom. The van der Waals surface area contributed by atoms with Gasteiger partial charge < -0.3 is 5.73 Å². The highest BCUT2D eigenvalue weighted by atomic mass is 79.9. The Hall–Kier alpha value is -1.01. The number of anilines is 1. The summed E-state index contributed by atoms with van der Waals surface area (Å²) in [6.45, 7) is 1.93. The van der Waals surface area contributed by atoms with Crippen LogP contribution >= 0.6 is 15.9 Å². The third kappa shape index (κ3) is 3.08. The molecule has 0 aromatic carbocycles. The average Bonchev–Trinajstić information content (AvgIpc) is 2.11. The zero-order valence-electron chi connectivity index (χ0n) is 7.47. The minimum absolute atomic E-state index is 0.646. The Balaban J connectivity index is 2.89. The van der Waals surface area contributed by atoms with Gasteiger partial charge in [0.25, 0.3) is 0 Å². The molecule has 0 aliphatic heterocycles. The van der Waals surface area contributed by atoms with Gasteiger partial charge in [-0.2, -0.15) is 0 Å². The predicted molar refractivity (Wildman–Crippen MR) is 58.7 cm³/mol. The number of nitrogen functional groups attached to an aromatic ring is 1. The minimum atomic E-state index is 0.646. The van der Waals surface area contributed by atoms with Crippen molar-refractivity contribution in [2.24, 2.45) is 0 Å². The highest BCUT2D eigenvalue weighted by Crippen LogP contribution is 2.07. The second-order valence-corrected chi connectivity index (χ2v) is 3.42. The first-order valence-electron chi connectivity index (χ1n) is 4.02. The van der Waals surface area contributed by atoms with Crippen LogP contribution in [0.25, 0.3) is 0 Å². The fourth-order valence-electron chi connectivity index (χ4n) is 0.861. The smallest absolute Gasteiger partial charge is 0.136 e. The van der Waals surface area contributed by atoms with Gasteiger partial charge in [-0.05, 0) is 25.0 Å². The van der Waals surface area contributed by atoms with Crippen molar-refractivity contribution in [2.45, 2.75) is 13.3 Å². The summed E-state index contributed by atoms with van der Waals surface area (Å²) < 4.78 is 0. The number of pyridine rings is 1. The number of nitrogens with two attached hydrogens (primary N) is 1. The molecule has 3 heteroatoms. The van der Waals surface area contributed by atoms with E-state index in [4.69, 9.17) is 5.73 Å². The summed E-state index contributed by atoms with van der Waals surface area (Å²) in [5, 5.41) is 0.881. The normalized spacial score (nSPS) is 9.08. The summed E-state index contributed by atoms with van der Waals surface area (Å²) in [5.74, 6) is 5.92. The van der Waals surface area contributed by atoms with Gasteiger partial charge in [0.15, 0.2) is 0 Å². The van der Waals surface area contributed by atoms with Crippen LogP contribution in [0.4, 0.5) is 5.69 Å². The van der Waals surface area contributed by atoms with Crippen LogP contribution in [0.1, 0.15) is 17.8 Å². The molecule has 0 unspecified atom stereocenters. The van der Waals surface area contributed by atoms with Crippen molar-refractivity contribution in [3.8, 4) is 11.8 Å². The maximum atomic E-state index is 5.69. The molecule has 2 N–H and O–H groups in total. The maximum absolute atomic E-state index is 5.69. The Kier molecular flexibility index (Phi) is 3.78. The largest absolute Gasteiger partial charge is 0.396 e. The molecule has 2 nitrogen and oxygen atoms in total. The van der Waals surface area contributed by atoms with Gasteiger partial charge in [-0.3, -0.25) is 0 Å². The molecule has 0 bridgehead atoms. The van der Waals surface area contributed by atoms with Crippen molar-refractivity contribution in [3.05, 3.63) is 23.5 Å². The van der Waals surface area contributed by atoms with Gasteiger partial charge in [-0.25, -0.2) is 4.98 Å². The second-order valence-electron chi connectivity index (χ2n) is 2.63. The molecule has 68 valence electrons. The van der Waals surface area contributed by atoms with Crippen molar-refractivity contribution in [2.75, 3.05) is 11.1 Å². The Labute approximate surface area is 86.7 Å². The van der Waals surface area contributed by atoms with Gasteiger partial charge in [0.2, 0.25) is 0 Å². The Morgan fingerprint density at radius 2 is 2.31 bits per heavy atom. The first-order chi connectivity index (χ1) is 6.24. The maximum Gasteiger partial charge on any atom is 0.136 e. The summed E-state index contributed by atoms with van der Waals surface area (Å²) in [5.41, 5.74) is 7.96.